The molecule has 0 aliphatic carbocycles. The van der Waals surface area contributed by atoms with Gasteiger partial charge in [-0.25, -0.2) is 0 Å². The van der Waals surface area contributed by atoms with E-state index in [0.29, 0.717) is 11.4 Å². The van der Waals surface area contributed by atoms with Gasteiger partial charge >= 0.3 is 6.18 Å². The second kappa shape index (κ2) is 2.94. The lowest BCUT2D eigenvalue weighted by atomic mass is 10.1. The van der Waals surface area contributed by atoms with Crippen LogP contribution in [0.2, 0.25) is 0 Å². The van der Waals surface area contributed by atoms with Crippen LogP contribution in [0, 0.1) is 0 Å². The average Bonchev–Trinajstić information content (AvgIpc) is 2.16. The zero-order chi connectivity index (χ0) is 10.2. The molecule has 0 saturated heterocycles. The molecule has 2 rings (SSSR count). The zero-order valence-corrected chi connectivity index (χ0v) is 7.02. The van der Waals surface area contributed by atoms with Gasteiger partial charge in [0.25, 0.3) is 0 Å². The summed E-state index contributed by atoms with van der Waals surface area (Å²) in [6, 6.07) is 3.52. The normalized spacial score (nSPS) is 14.2. The van der Waals surface area contributed by atoms with Crippen LogP contribution in [0.1, 0.15) is 5.56 Å². The third kappa shape index (κ3) is 1.53. The first kappa shape index (κ1) is 8.93. The summed E-state index contributed by atoms with van der Waals surface area (Å²) in [6.07, 6.45) is -1.13. The summed E-state index contributed by atoms with van der Waals surface area (Å²) >= 11 is 0. The second-order valence-electron chi connectivity index (χ2n) is 2.88. The molecule has 0 spiro atoms. The molecule has 1 aliphatic heterocycles. The van der Waals surface area contributed by atoms with Gasteiger partial charge in [-0.3, -0.25) is 0 Å². The van der Waals surface area contributed by atoms with Gasteiger partial charge in [0.05, 0.1) is 16.9 Å². The molecule has 14 heavy (non-hydrogen) atoms. The van der Waals surface area contributed by atoms with Crippen LogP contribution in [-0.2, 0) is 6.18 Å². The third-order valence-electron chi connectivity index (χ3n) is 1.91. The fourth-order valence-electron chi connectivity index (χ4n) is 1.23. The molecule has 2 N–H and O–H groups in total. The molecule has 74 valence electrons. The van der Waals surface area contributed by atoms with Gasteiger partial charge in [0.1, 0.15) is 0 Å². The monoisotopic (exact) mass is 200 g/mol. The Morgan fingerprint density at radius 2 is 1.57 bits per heavy atom. The Hall–Kier alpha value is -1.65. The van der Waals surface area contributed by atoms with Crippen molar-refractivity contribution in [2.45, 2.75) is 6.18 Å². The van der Waals surface area contributed by atoms with E-state index in [2.05, 4.69) is 10.6 Å². The predicted octanol–water partition coefficient (Wildman–Crippen LogP) is 3.01. The molecule has 0 saturated carbocycles. The van der Waals surface area contributed by atoms with Gasteiger partial charge in [-0.05, 0) is 18.2 Å². The summed E-state index contributed by atoms with van der Waals surface area (Å²) in [5, 5.41) is 5.56. The van der Waals surface area contributed by atoms with Crippen molar-refractivity contribution < 1.29 is 13.2 Å². The highest BCUT2D eigenvalue weighted by atomic mass is 19.4. The number of fused-ring (bicyclic) bond motifs is 1. The van der Waals surface area contributed by atoms with Crippen molar-refractivity contribution in [1.82, 2.24) is 0 Å². The van der Waals surface area contributed by atoms with E-state index in [9.17, 15) is 13.2 Å². The molecule has 5 heteroatoms. The molecule has 0 radical (unpaired) electrons. The molecule has 1 heterocycles. The topological polar surface area (TPSA) is 24.1 Å². The minimum absolute atomic E-state index is 0.433. The van der Waals surface area contributed by atoms with Crippen molar-refractivity contribution in [3.05, 3.63) is 36.2 Å². The van der Waals surface area contributed by atoms with Crippen LogP contribution >= 0.6 is 0 Å². The quantitative estimate of drug-likeness (QED) is 0.672. The van der Waals surface area contributed by atoms with Crippen molar-refractivity contribution in [2.24, 2.45) is 0 Å². The first-order valence-electron chi connectivity index (χ1n) is 3.97. The summed E-state index contributed by atoms with van der Waals surface area (Å²) in [5.74, 6) is 0. The van der Waals surface area contributed by atoms with Gasteiger partial charge in [0.2, 0.25) is 0 Å². The summed E-state index contributed by atoms with van der Waals surface area (Å²) in [5.41, 5.74) is 0.420. The standard InChI is InChI=1S/C9H7F3N2/c10-9(11,12)6-1-2-7-8(5-6)14-4-3-13-7/h1-5,13-14H. The van der Waals surface area contributed by atoms with E-state index in [1.807, 2.05) is 0 Å². The van der Waals surface area contributed by atoms with E-state index in [1.165, 1.54) is 6.07 Å². The number of halogens is 3. The summed E-state index contributed by atoms with van der Waals surface area (Å²) in [6.45, 7) is 0. The highest BCUT2D eigenvalue weighted by molar-refractivity contribution is 5.73. The number of hydrogen-bond acceptors (Lipinski definition) is 2. The Kier molecular flexibility index (Phi) is 1.87. The lowest BCUT2D eigenvalue weighted by Crippen LogP contribution is -2.08. The van der Waals surface area contributed by atoms with E-state index in [4.69, 9.17) is 0 Å². The van der Waals surface area contributed by atoms with Crippen LogP contribution in [0.3, 0.4) is 0 Å². The summed E-state index contributed by atoms with van der Waals surface area (Å²) < 4.78 is 36.9. The van der Waals surface area contributed by atoms with Crippen LogP contribution in [-0.4, -0.2) is 0 Å². The molecular formula is C9H7F3N2. The van der Waals surface area contributed by atoms with Crippen LogP contribution in [0.25, 0.3) is 0 Å². The molecule has 2 nitrogen and oxygen atoms in total. The molecule has 0 aromatic heterocycles. The van der Waals surface area contributed by atoms with E-state index in [1.54, 1.807) is 12.4 Å². The molecule has 1 aliphatic rings. The van der Waals surface area contributed by atoms with Crippen molar-refractivity contribution in [3.8, 4) is 0 Å². The lowest BCUT2D eigenvalue weighted by Gasteiger charge is -2.16. The van der Waals surface area contributed by atoms with Crippen LogP contribution in [0.5, 0.6) is 0 Å². The Labute approximate surface area is 78.4 Å². The first-order valence-corrected chi connectivity index (χ1v) is 3.97. The number of nitrogens with one attached hydrogen (secondary N) is 2. The lowest BCUT2D eigenvalue weighted by molar-refractivity contribution is -0.137. The largest absolute Gasteiger partial charge is 0.416 e. The minimum Gasteiger partial charge on any atom is -0.359 e. The maximum Gasteiger partial charge on any atom is 0.416 e. The number of hydrogen-bond donors (Lipinski definition) is 2. The number of benzene rings is 1. The molecule has 0 fully saturated rings. The van der Waals surface area contributed by atoms with Crippen molar-refractivity contribution >= 4 is 11.4 Å². The van der Waals surface area contributed by atoms with Crippen LogP contribution in [0.4, 0.5) is 24.5 Å². The molecule has 0 atom stereocenters. The Bertz CT molecular complexity index is 382. The zero-order valence-electron chi connectivity index (χ0n) is 7.02. The van der Waals surface area contributed by atoms with Crippen molar-refractivity contribution in [2.75, 3.05) is 10.6 Å². The number of alkyl halides is 3. The Morgan fingerprint density at radius 3 is 2.21 bits per heavy atom. The summed E-state index contributed by atoms with van der Waals surface area (Å²) in [4.78, 5) is 0. The Morgan fingerprint density at radius 1 is 0.929 bits per heavy atom. The maximum atomic E-state index is 12.3. The Balaban J connectivity index is 2.41. The van der Waals surface area contributed by atoms with Gasteiger partial charge in [-0.1, -0.05) is 0 Å². The van der Waals surface area contributed by atoms with Gasteiger partial charge in [-0.2, -0.15) is 13.2 Å². The second-order valence-corrected chi connectivity index (χ2v) is 2.88. The highest BCUT2D eigenvalue weighted by Gasteiger charge is 2.31. The van der Waals surface area contributed by atoms with Gasteiger partial charge in [0.15, 0.2) is 0 Å². The van der Waals surface area contributed by atoms with Crippen molar-refractivity contribution in [3.63, 3.8) is 0 Å². The van der Waals surface area contributed by atoms with Gasteiger partial charge < -0.3 is 10.6 Å². The fraction of sp³-hybridized carbons (Fsp3) is 0.111. The van der Waals surface area contributed by atoms with E-state index in [-0.39, 0.29) is 0 Å². The van der Waals surface area contributed by atoms with Crippen LogP contribution in [0.15, 0.2) is 30.6 Å². The number of anilines is 2. The third-order valence-corrected chi connectivity index (χ3v) is 1.91. The first-order chi connectivity index (χ1) is 6.57. The molecule has 0 amide bonds. The molecule has 0 bridgehead atoms. The van der Waals surface area contributed by atoms with E-state index in [0.717, 1.165) is 12.1 Å². The number of rotatable bonds is 0. The predicted molar refractivity (Wildman–Crippen MR) is 47.8 cm³/mol. The average molecular weight is 200 g/mol. The molecule has 1 aromatic carbocycles. The van der Waals surface area contributed by atoms with E-state index >= 15 is 0 Å². The van der Waals surface area contributed by atoms with Gasteiger partial charge in [0, 0.05) is 12.4 Å². The van der Waals surface area contributed by atoms with E-state index < -0.39 is 11.7 Å². The molecule has 0 unspecified atom stereocenters. The highest BCUT2D eigenvalue weighted by Crippen LogP contribution is 2.34. The molecule has 1 aromatic rings. The van der Waals surface area contributed by atoms with Gasteiger partial charge in [-0.15, -0.1) is 0 Å². The fourth-order valence-corrected chi connectivity index (χ4v) is 1.23. The van der Waals surface area contributed by atoms with Crippen LogP contribution < -0.4 is 10.6 Å². The van der Waals surface area contributed by atoms with Crippen molar-refractivity contribution in [1.29, 1.82) is 0 Å². The maximum absolute atomic E-state index is 12.3. The molecular weight excluding hydrogens is 193 g/mol. The SMILES string of the molecule is FC(F)(F)c1ccc2c(c1)NC=CN2. The smallest absolute Gasteiger partial charge is 0.359 e. The summed E-state index contributed by atoms with van der Waals surface area (Å²) in [7, 11) is 0. The minimum atomic E-state index is -4.29.